The van der Waals surface area contributed by atoms with Crippen molar-refractivity contribution in [3.05, 3.63) is 30.4 Å². The first-order chi connectivity index (χ1) is 9.22. The minimum absolute atomic E-state index is 0.719. The van der Waals surface area contributed by atoms with Crippen molar-refractivity contribution in [3.63, 3.8) is 0 Å². The second-order valence-corrected chi connectivity index (χ2v) is 4.23. The van der Waals surface area contributed by atoms with E-state index in [1.54, 1.807) is 19.5 Å². The zero-order chi connectivity index (χ0) is 13.7. The van der Waals surface area contributed by atoms with Crippen LogP contribution < -0.4 is 10.1 Å². The van der Waals surface area contributed by atoms with Crippen LogP contribution in [0.1, 0.15) is 19.2 Å². The minimum atomic E-state index is 0.719. The molecule has 2 aromatic rings. The lowest BCUT2D eigenvalue weighted by Gasteiger charge is -2.08. The molecule has 0 aromatic carbocycles. The van der Waals surface area contributed by atoms with Crippen molar-refractivity contribution >= 4 is 5.82 Å². The first kappa shape index (κ1) is 13.3. The van der Waals surface area contributed by atoms with E-state index >= 15 is 0 Å². The smallest absolute Gasteiger partial charge is 0.137 e. The van der Waals surface area contributed by atoms with Crippen molar-refractivity contribution in [1.82, 2.24) is 15.0 Å². The summed E-state index contributed by atoms with van der Waals surface area (Å²) < 4.78 is 5.18. The van der Waals surface area contributed by atoms with Crippen LogP contribution in [0.4, 0.5) is 5.82 Å². The number of hydrogen-bond acceptors (Lipinski definition) is 5. The molecule has 0 saturated carbocycles. The van der Waals surface area contributed by atoms with Gasteiger partial charge in [0.25, 0.3) is 0 Å². The first-order valence-corrected chi connectivity index (χ1v) is 6.32. The second kappa shape index (κ2) is 6.13. The summed E-state index contributed by atoms with van der Waals surface area (Å²) in [5.41, 5.74) is 1.77. The van der Waals surface area contributed by atoms with Gasteiger partial charge >= 0.3 is 0 Å². The highest BCUT2D eigenvalue weighted by molar-refractivity contribution is 5.63. The third-order valence-corrected chi connectivity index (χ3v) is 2.64. The molecular weight excluding hydrogens is 240 g/mol. The Morgan fingerprint density at radius 3 is 2.79 bits per heavy atom. The number of methoxy groups -OCH3 is 1. The van der Waals surface area contributed by atoms with E-state index in [1.807, 2.05) is 19.1 Å². The third kappa shape index (κ3) is 3.40. The lowest BCUT2D eigenvalue weighted by atomic mass is 10.2. The lowest BCUT2D eigenvalue weighted by molar-refractivity contribution is 0.413. The molecule has 1 N–H and O–H groups in total. The van der Waals surface area contributed by atoms with Gasteiger partial charge in [0.1, 0.15) is 17.4 Å². The number of aryl methyl sites for hydroxylation is 1. The molecule has 19 heavy (non-hydrogen) atoms. The Kier molecular flexibility index (Phi) is 4.28. The van der Waals surface area contributed by atoms with E-state index in [0.29, 0.717) is 0 Å². The lowest BCUT2D eigenvalue weighted by Crippen LogP contribution is -2.04. The topological polar surface area (TPSA) is 59.9 Å². The van der Waals surface area contributed by atoms with Crippen LogP contribution >= 0.6 is 0 Å². The fraction of sp³-hybridized carbons (Fsp3) is 0.357. The van der Waals surface area contributed by atoms with Crippen LogP contribution in [0.2, 0.25) is 0 Å². The minimum Gasteiger partial charge on any atom is -0.495 e. The molecule has 2 rings (SSSR count). The van der Waals surface area contributed by atoms with E-state index in [1.165, 1.54) is 0 Å². The van der Waals surface area contributed by atoms with Crippen molar-refractivity contribution in [2.75, 3.05) is 19.0 Å². The van der Waals surface area contributed by atoms with Crippen molar-refractivity contribution in [1.29, 1.82) is 0 Å². The monoisotopic (exact) mass is 258 g/mol. The first-order valence-electron chi connectivity index (χ1n) is 6.32. The molecular formula is C14H18N4O. The highest BCUT2D eigenvalue weighted by atomic mass is 16.5. The Bertz CT molecular complexity index is 557. The number of ether oxygens (including phenoxy) is 1. The quantitative estimate of drug-likeness (QED) is 0.893. The Morgan fingerprint density at radius 2 is 2.05 bits per heavy atom. The molecule has 5 nitrogen and oxygen atoms in total. The highest BCUT2D eigenvalue weighted by Gasteiger charge is 2.06. The van der Waals surface area contributed by atoms with Gasteiger partial charge in [-0.3, -0.25) is 4.98 Å². The summed E-state index contributed by atoms with van der Waals surface area (Å²) in [6.07, 6.45) is 4.50. The molecule has 100 valence electrons. The summed E-state index contributed by atoms with van der Waals surface area (Å²) in [5.74, 6) is 2.29. The molecule has 0 spiro atoms. The van der Waals surface area contributed by atoms with Gasteiger partial charge in [0.15, 0.2) is 0 Å². The maximum atomic E-state index is 5.18. The van der Waals surface area contributed by atoms with Crippen LogP contribution in [-0.4, -0.2) is 28.6 Å². The van der Waals surface area contributed by atoms with Gasteiger partial charge in [-0.05, 0) is 19.4 Å². The molecule has 0 saturated heterocycles. The van der Waals surface area contributed by atoms with Crippen molar-refractivity contribution in [3.8, 4) is 17.0 Å². The van der Waals surface area contributed by atoms with E-state index < -0.39 is 0 Å². The van der Waals surface area contributed by atoms with E-state index in [4.69, 9.17) is 4.74 Å². The molecule has 2 heterocycles. The molecule has 0 amide bonds. The van der Waals surface area contributed by atoms with E-state index in [0.717, 1.165) is 41.6 Å². The SMILES string of the molecule is CCCNc1cc(-c2cncc(OC)c2)nc(C)n1. The van der Waals surface area contributed by atoms with Gasteiger partial charge in [-0.15, -0.1) is 0 Å². The fourth-order valence-electron chi connectivity index (χ4n) is 1.73. The van der Waals surface area contributed by atoms with Crippen LogP contribution in [0, 0.1) is 6.92 Å². The van der Waals surface area contributed by atoms with Crippen LogP contribution in [0.3, 0.4) is 0 Å². The van der Waals surface area contributed by atoms with E-state index in [9.17, 15) is 0 Å². The summed E-state index contributed by atoms with van der Waals surface area (Å²) in [7, 11) is 1.63. The van der Waals surface area contributed by atoms with Crippen molar-refractivity contribution in [2.24, 2.45) is 0 Å². The number of hydrogen-bond donors (Lipinski definition) is 1. The van der Waals surface area contributed by atoms with Crippen molar-refractivity contribution in [2.45, 2.75) is 20.3 Å². The van der Waals surface area contributed by atoms with Gasteiger partial charge in [0, 0.05) is 24.4 Å². The molecule has 2 aromatic heterocycles. The van der Waals surface area contributed by atoms with Gasteiger partial charge in [-0.25, -0.2) is 9.97 Å². The molecule has 5 heteroatoms. The average Bonchev–Trinajstić information content (AvgIpc) is 2.44. The maximum absolute atomic E-state index is 5.18. The number of nitrogens with zero attached hydrogens (tertiary/aromatic N) is 3. The van der Waals surface area contributed by atoms with Gasteiger partial charge in [-0.2, -0.15) is 0 Å². The van der Waals surface area contributed by atoms with Crippen molar-refractivity contribution < 1.29 is 4.74 Å². The summed E-state index contributed by atoms with van der Waals surface area (Å²) >= 11 is 0. The van der Waals surface area contributed by atoms with Gasteiger partial charge in [-0.1, -0.05) is 6.92 Å². The summed E-state index contributed by atoms with van der Waals surface area (Å²) in [6, 6.07) is 3.84. The van der Waals surface area contributed by atoms with Crippen LogP contribution in [0.5, 0.6) is 5.75 Å². The zero-order valence-electron chi connectivity index (χ0n) is 11.5. The molecule has 0 radical (unpaired) electrons. The molecule has 0 aliphatic carbocycles. The third-order valence-electron chi connectivity index (χ3n) is 2.64. The second-order valence-electron chi connectivity index (χ2n) is 4.23. The van der Waals surface area contributed by atoms with Crippen LogP contribution in [-0.2, 0) is 0 Å². The summed E-state index contributed by atoms with van der Waals surface area (Å²) in [5, 5.41) is 3.27. The molecule has 0 atom stereocenters. The van der Waals surface area contributed by atoms with Gasteiger partial charge < -0.3 is 10.1 Å². The Balaban J connectivity index is 2.34. The normalized spacial score (nSPS) is 10.3. The zero-order valence-corrected chi connectivity index (χ0v) is 11.5. The van der Waals surface area contributed by atoms with Gasteiger partial charge in [0.2, 0.25) is 0 Å². The molecule has 0 aliphatic heterocycles. The summed E-state index contributed by atoms with van der Waals surface area (Å²) in [6.45, 7) is 4.90. The average molecular weight is 258 g/mol. The van der Waals surface area contributed by atoms with Crippen LogP contribution in [0.25, 0.3) is 11.3 Å². The molecule has 0 unspecified atom stereocenters. The Morgan fingerprint density at radius 1 is 1.21 bits per heavy atom. The standard InChI is InChI=1S/C14H18N4O/c1-4-5-16-14-7-13(17-10(2)18-14)11-6-12(19-3)9-15-8-11/h6-9H,4-5H2,1-3H3,(H,16,17,18). The number of rotatable bonds is 5. The largest absolute Gasteiger partial charge is 0.495 e. The number of aromatic nitrogens is 3. The fourth-order valence-corrected chi connectivity index (χ4v) is 1.73. The highest BCUT2D eigenvalue weighted by Crippen LogP contribution is 2.22. The van der Waals surface area contributed by atoms with Gasteiger partial charge in [0.05, 0.1) is 19.0 Å². The number of pyridine rings is 1. The maximum Gasteiger partial charge on any atom is 0.137 e. The van der Waals surface area contributed by atoms with E-state index in [2.05, 4.69) is 27.2 Å². The molecule has 0 aliphatic rings. The predicted molar refractivity (Wildman–Crippen MR) is 75.3 cm³/mol. The Labute approximate surface area is 113 Å². The molecule has 0 fully saturated rings. The number of anilines is 1. The molecule has 0 bridgehead atoms. The summed E-state index contributed by atoms with van der Waals surface area (Å²) in [4.78, 5) is 13.0. The van der Waals surface area contributed by atoms with E-state index in [-0.39, 0.29) is 0 Å². The predicted octanol–water partition coefficient (Wildman–Crippen LogP) is 2.68. The van der Waals surface area contributed by atoms with Crippen LogP contribution in [0.15, 0.2) is 24.5 Å². The Hall–Kier alpha value is -2.17. The number of nitrogens with one attached hydrogen (secondary N) is 1.